The van der Waals surface area contributed by atoms with Gasteiger partial charge in [0.2, 0.25) is 5.82 Å². The standard InChI is InChI=1S/C15H13F5N2O2S/c1-3-21-9-6-8(5-4-7(9)2)22-25(23,24)15-13(19)11(17)10(16)12(18)14(15)20/h4-6,21-22H,3H2,1-2H3. The minimum atomic E-state index is -5.06. The lowest BCUT2D eigenvalue weighted by atomic mass is 10.2. The number of benzene rings is 2. The molecule has 10 heteroatoms. The largest absolute Gasteiger partial charge is 0.385 e. The molecule has 0 amide bonds. The summed E-state index contributed by atoms with van der Waals surface area (Å²) in [5.41, 5.74) is 1.20. The van der Waals surface area contributed by atoms with Gasteiger partial charge in [0.25, 0.3) is 10.0 Å². The van der Waals surface area contributed by atoms with Crippen molar-refractivity contribution in [1.82, 2.24) is 0 Å². The van der Waals surface area contributed by atoms with Crippen molar-refractivity contribution >= 4 is 21.4 Å². The summed E-state index contributed by atoms with van der Waals surface area (Å²) >= 11 is 0. The number of sulfonamides is 1. The van der Waals surface area contributed by atoms with Crippen molar-refractivity contribution in [2.45, 2.75) is 18.7 Å². The highest BCUT2D eigenvalue weighted by molar-refractivity contribution is 7.92. The van der Waals surface area contributed by atoms with Crippen LogP contribution in [-0.4, -0.2) is 15.0 Å². The van der Waals surface area contributed by atoms with Gasteiger partial charge in [-0.3, -0.25) is 4.72 Å². The van der Waals surface area contributed by atoms with Crippen LogP contribution in [0.1, 0.15) is 12.5 Å². The first-order valence-electron chi connectivity index (χ1n) is 6.99. The quantitative estimate of drug-likeness (QED) is 0.470. The fraction of sp³-hybridized carbons (Fsp3) is 0.200. The van der Waals surface area contributed by atoms with E-state index in [4.69, 9.17) is 0 Å². The molecule has 0 aliphatic rings. The number of rotatable bonds is 5. The number of hydrogen-bond acceptors (Lipinski definition) is 3. The van der Waals surface area contributed by atoms with Gasteiger partial charge in [-0.25, -0.2) is 30.4 Å². The Kier molecular flexibility index (Phi) is 5.21. The predicted molar refractivity (Wildman–Crippen MR) is 82.4 cm³/mol. The molecule has 0 saturated carbocycles. The fourth-order valence-corrected chi connectivity index (χ4v) is 3.28. The maximum atomic E-state index is 13.7. The van der Waals surface area contributed by atoms with Crippen LogP contribution in [-0.2, 0) is 10.0 Å². The monoisotopic (exact) mass is 380 g/mol. The van der Waals surface area contributed by atoms with Gasteiger partial charge in [0.1, 0.15) is 0 Å². The minimum Gasteiger partial charge on any atom is -0.385 e. The van der Waals surface area contributed by atoms with Crippen LogP contribution >= 0.6 is 0 Å². The Hall–Kier alpha value is -2.36. The lowest BCUT2D eigenvalue weighted by molar-refractivity contribution is 0.358. The summed E-state index contributed by atoms with van der Waals surface area (Å²) in [6.07, 6.45) is 0. The zero-order chi connectivity index (χ0) is 18.9. The molecule has 0 aliphatic heterocycles. The van der Waals surface area contributed by atoms with E-state index >= 15 is 0 Å². The van der Waals surface area contributed by atoms with E-state index in [9.17, 15) is 30.4 Å². The zero-order valence-corrected chi connectivity index (χ0v) is 13.9. The first kappa shape index (κ1) is 19.0. The molecule has 136 valence electrons. The molecule has 2 N–H and O–H groups in total. The maximum absolute atomic E-state index is 13.7. The van der Waals surface area contributed by atoms with Crippen molar-refractivity contribution in [2.75, 3.05) is 16.6 Å². The van der Waals surface area contributed by atoms with Gasteiger partial charge in [-0.15, -0.1) is 0 Å². The van der Waals surface area contributed by atoms with Crippen molar-refractivity contribution < 1.29 is 30.4 Å². The first-order chi connectivity index (χ1) is 11.6. The topological polar surface area (TPSA) is 58.2 Å². The second-order valence-corrected chi connectivity index (χ2v) is 6.68. The summed E-state index contributed by atoms with van der Waals surface area (Å²) in [5, 5.41) is 2.94. The van der Waals surface area contributed by atoms with E-state index in [0.717, 1.165) is 5.56 Å². The molecular weight excluding hydrogens is 367 g/mol. The van der Waals surface area contributed by atoms with E-state index in [-0.39, 0.29) is 5.69 Å². The van der Waals surface area contributed by atoms with E-state index in [1.807, 2.05) is 4.72 Å². The molecule has 2 aromatic rings. The van der Waals surface area contributed by atoms with Gasteiger partial charge < -0.3 is 5.32 Å². The normalized spacial score (nSPS) is 11.5. The third-order valence-electron chi connectivity index (χ3n) is 3.30. The Balaban J connectivity index is 2.53. The van der Waals surface area contributed by atoms with E-state index in [1.54, 1.807) is 13.8 Å². The molecule has 0 radical (unpaired) electrons. The van der Waals surface area contributed by atoms with Gasteiger partial charge in [0.15, 0.2) is 28.2 Å². The average molecular weight is 380 g/mol. The number of anilines is 2. The SMILES string of the molecule is CCNc1cc(NS(=O)(=O)c2c(F)c(F)c(F)c(F)c2F)ccc1C. The van der Waals surface area contributed by atoms with E-state index in [0.29, 0.717) is 12.2 Å². The van der Waals surface area contributed by atoms with Crippen molar-refractivity contribution in [3.05, 3.63) is 52.8 Å². The van der Waals surface area contributed by atoms with Crippen molar-refractivity contribution in [3.8, 4) is 0 Å². The van der Waals surface area contributed by atoms with Crippen LogP contribution in [0.2, 0.25) is 0 Å². The molecule has 0 saturated heterocycles. The lowest BCUT2D eigenvalue weighted by Gasteiger charge is -2.13. The molecule has 0 heterocycles. The van der Waals surface area contributed by atoms with Crippen LogP contribution in [0, 0.1) is 36.0 Å². The number of halogens is 5. The van der Waals surface area contributed by atoms with Crippen LogP contribution in [0.4, 0.5) is 33.3 Å². The third kappa shape index (κ3) is 3.53. The van der Waals surface area contributed by atoms with Crippen LogP contribution < -0.4 is 10.0 Å². The highest BCUT2D eigenvalue weighted by atomic mass is 32.2. The molecule has 0 aliphatic carbocycles. The molecular formula is C15H13F5N2O2S. The molecule has 0 unspecified atom stereocenters. The Morgan fingerprint density at radius 1 is 0.920 bits per heavy atom. The van der Waals surface area contributed by atoms with Gasteiger partial charge >= 0.3 is 0 Å². The highest BCUT2D eigenvalue weighted by Crippen LogP contribution is 2.29. The van der Waals surface area contributed by atoms with Crippen LogP contribution in [0.15, 0.2) is 23.1 Å². The van der Waals surface area contributed by atoms with Gasteiger partial charge in [0, 0.05) is 12.2 Å². The van der Waals surface area contributed by atoms with Gasteiger partial charge in [-0.05, 0) is 31.5 Å². The molecule has 0 fully saturated rings. The predicted octanol–water partition coefficient (Wildman–Crippen LogP) is 3.92. The second kappa shape index (κ2) is 6.87. The molecule has 0 atom stereocenters. The Morgan fingerprint density at radius 3 is 1.96 bits per heavy atom. The van der Waals surface area contributed by atoms with Crippen molar-refractivity contribution in [1.29, 1.82) is 0 Å². The molecule has 0 spiro atoms. The third-order valence-corrected chi connectivity index (χ3v) is 4.70. The average Bonchev–Trinajstić information content (AvgIpc) is 2.54. The van der Waals surface area contributed by atoms with E-state index in [1.165, 1.54) is 18.2 Å². The molecule has 0 aromatic heterocycles. The van der Waals surface area contributed by atoms with Gasteiger partial charge in [-0.2, -0.15) is 0 Å². The molecule has 2 aromatic carbocycles. The Bertz CT molecular complexity index is 903. The number of aryl methyl sites for hydroxylation is 1. The minimum absolute atomic E-state index is 0.106. The molecule has 25 heavy (non-hydrogen) atoms. The second-order valence-electron chi connectivity index (χ2n) is 5.06. The summed E-state index contributed by atoms with van der Waals surface area (Å²) in [5.74, 6) is -12.0. The first-order valence-corrected chi connectivity index (χ1v) is 8.47. The summed E-state index contributed by atoms with van der Waals surface area (Å²) in [7, 11) is -5.06. The van der Waals surface area contributed by atoms with Crippen LogP contribution in [0.5, 0.6) is 0 Å². The maximum Gasteiger partial charge on any atom is 0.267 e. The van der Waals surface area contributed by atoms with Crippen LogP contribution in [0.25, 0.3) is 0 Å². The highest BCUT2D eigenvalue weighted by Gasteiger charge is 2.33. The Labute approximate surface area is 140 Å². The lowest BCUT2D eigenvalue weighted by Crippen LogP contribution is -2.19. The van der Waals surface area contributed by atoms with Crippen molar-refractivity contribution in [2.24, 2.45) is 0 Å². The summed E-state index contributed by atoms with van der Waals surface area (Å²) in [6, 6.07) is 4.15. The van der Waals surface area contributed by atoms with Crippen LogP contribution in [0.3, 0.4) is 0 Å². The fourth-order valence-electron chi connectivity index (χ4n) is 2.09. The number of hydrogen-bond donors (Lipinski definition) is 2. The van der Waals surface area contributed by atoms with Crippen molar-refractivity contribution in [3.63, 3.8) is 0 Å². The summed E-state index contributed by atoms with van der Waals surface area (Å²) in [4.78, 5) is -1.94. The molecule has 4 nitrogen and oxygen atoms in total. The van der Waals surface area contributed by atoms with E-state index < -0.39 is 44.0 Å². The summed E-state index contributed by atoms with van der Waals surface area (Å²) in [6.45, 7) is 4.06. The summed E-state index contributed by atoms with van der Waals surface area (Å²) < 4.78 is 93.0. The zero-order valence-electron chi connectivity index (χ0n) is 13.1. The Morgan fingerprint density at radius 2 is 1.44 bits per heavy atom. The van der Waals surface area contributed by atoms with Gasteiger partial charge in [0.05, 0.1) is 5.69 Å². The molecule has 0 bridgehead atoms. The molecule has 2 rings (SSSR count). The smallest absolute Gasteiger partial charge is 0.267 e. The van der Waals surface area contributed by atoms with Gasteiger partial charge in [-0.1, -0.05) is 6.07 Å². The van der Waals surface area contributed by atoms with E-state index in [2.05, 4.69) is 5.32 Å². The number of nitrogens with one attached hydrogen (secondary N) is 2.